The average molecular weight is 404 g/mol. The van der Waals surface area contributed by atoms with Gasteiger partial charge >= 0.3 is 5.97 Å². The van der Waals surface area contributed by atoms with Crippen LogP contribution >= 0.6 is 0 Å². The molecular formula is C23H24N4O3. The van der Waals surface area contributed by atoms with E-state index in [9.17, 15) is 9.59 Å². The van der Waals surface area contributed by atoms with Crippen molar-refractivity contribution in [3.05, 3.63) is 77.2 Å². The molecule has 1 aromatic carbocycles. The van der Waals surface area contributed by atoms with E-state index >= 15 is 0 Å². The fourth-order valence-electron chi connectivity index (χ4n) is 3.74. The van der Waals surface area contributed by atoms with Gasteiger partial charge in [-0.05, 0) is 35.6 Å². The van der Waals surface area contributed by atoms with Crippen molar-refractivity contribution in [3.63, 3.8) is 0 Å². The van der Waals surface area contributed by atoms with E-state index in [-0.39, 0.29) is 18.4 Å². The number of fused-ring (bicyclic) bond motifs is 1. The number of hydrogen-bond donors (Lipinski definition) is 0. The highest BCUT2D eigenvalue weighted by Gasteiger charge is 2.25. The Morgan fingerprint density at radius 2 is 1.87 bits per heavy atom. The molecule has 30 heavy (non-hydrogen) atoms. The van der Waals surface area contributed by atoms with Gasteiger partial charge in [-0.25, -0.2) is 14.5 Å². The number of nitrogens with zero attached hydrogens (tertiary/aromatic N) is 4. The second-order valence-electron chi connectivity index (χ2n) is 7.61. The maximum atomic E-state index is 12.7. The van der Waals surface area contributed by atoms with Crippen LogP contribution in [0.1, 0.15) is 46.9 Å². The van der Waals surface area contributed by atoms with Crippen molar-refractivity contribution in [1.29, 1.82) is 0 Å². The molecule has 0 spiro atoms. The van der Waals surface area contributed by atoms with Crippen LogP contribution in [-0.2, 0) is 22.5 Å². The summed E-state index contributed by atoms with van der Waals surface area (Å²) in [6.07, 6.45) is 3.96. The van der Waals surface area contributed by atoms with E-state index in [1.54, 1.807) is 15.8 Å². The van der Waals surface area contributed by atoms with Crippen LogP contribution in [0.25, 0.3) is 5.82 Å². The van der Waals surface area contributed by atoms with E-state index in [1.165, 1.54) is 11.8 Å². The quantitative estimate of drug-likeness (QED) is 0.611. The van der Waals surface area contributed by atoms with Gasteiger partial charge in [-0.15, -0.1) is 0 Å². The van der Waals surface area contributed by atoms with Crippen molar-refractivity contribution in [2.45, 2.75) is 32.7 Å². The van der Waals surface area contributed by atoms with Gasteiger partial charge in [0.05, 0.1) is 11.9 Å². The van der Waals surface area contributed by atoms with Crippen LogP contribution in [0, 0.1) is 0 Å². The minimum Gasteiger partial charge on any atom is -0.452 e. The van der Waals surface area contributed by atoms with E-state index < -0.39 is 5.97 Å². The third-order valence-corrected chi connectivity index (χ3v) is 5.25. The Balaban J connectivity index is 1.45. The van der Waals surface area contributed by atoms with Gasteiger partial charge in [0, 0.05) is 19.3 Å². The van der Waals surface area contributed by atoms with Crippen molar-refractivity contribution in [2.24, 2.45) is 0 Å². The zero-order chi connectivity index (χ0) is 21.1. The Hall–Kier alpha value is -3.48. The zero-order valence-corrected chi connectivity index (χ0v) is 17.1. The molecule has 7 nitrogen and oxygen atoms in total. The Labute approximate surface area is 175 Å². The van der Waals surface area contributed by atoms with Crippen LogP contribution in [0.2, 0.25) is 0 Å². The molecule has 0 N–H and O–H groups in total. The second kappa shape index (κ2) is 8.49. The number of rotatable bonds is 5. The lowest BCUT2D eigenvalue weighted by atomic mass is 10.00. The normalized spacial score (nSPS) is 13.2. The zero-order valence-electron chi connectivity index (χ0n) is 17.1. The summed E-state index contributed by atoms with van der Waals surface area (Å²) in [5, 5.41) is 4.33. The summed E-state index contributed by atoms with van der Waals surface area (Å²) in [6, 6.07) is 13.6. The third-order valence-electron chi connectivity index (χ3n) is 5.25. The molecule has 0 bridgehead atoms. The van der Waals surface area contributed by atoms with Gasteiger partial charge in [0.25, 0.3) is 5.91 Å². The van der Waals surface area contributed by atoms with Crippen LogP contribution in [0.5, 0.6) is 0 Å². The molecule has 0 unspecified atom stereocenters. The molecule has 0 saturated heterocycles. The number of carbonyl (C=O) groups is 2. The lowest BCUT2D eigenvalue weighted by Gasteiger charge is -2.28. The number of aromatic nitrogens is 3. The number of amides is 1. The van der Waals surface area contributed by atoms with Gasteiger partial charge in [-0.3, -0.25) is 4.79 Å². The lowest BCUT2D eigenvalue weighted by Crippen LogP contribution is -2.38. The minimum absolute atomic E-state index is 0.0198. The summed E-state index contributed by atoms with van der Waals surface area (Å²) in [5.41, 5.74) is 3.47. The molecule has 3 heterocycles. The van der Waals surface area contributed by atoms with Crippen LogP contribution in [-0.4, -0.2) is 44.7 Å². The fourth-order valence-corrected chi connectivity index (χ4v) is 3.74. The molecule has 0 radical (unpaired) electrons. The molecule has 0 aliphatic carbocycles. The molecule has 3 aromatic rings. The van der Waals surface area contributed by atoms with E-state index in [4.69, 9.17) is 4.74 Å². The van der Waals surface area contributed by atoms with Crippen molar-refractivity contribution in [1.82, 2.24) is 19.7 Å². The van der Waals surface area contributed by atoms with Crippen molar-refractivity contribution in [2.75, 3.05) is 13.2 Å². The van der Waals surface area contributed by atoms with E-state index in [0.29, 0.717) is 30.2 Å². The largest absolute Gasteiger partial charge is 0.452 e. The van der Waals surface area contributed by atoms with Crippen LogP contribution in [0.15, 0.2) is 54.9 Å². The molecule has 4 rings (SSSR count). The first-order valence-electron chi connectivity index (χ1n) is 10.1. The first kappa shape index (κ1) is 19.8. The predicted octanol–water partition coefficient (Wildman–Crippen LogP) is 3.13. The first-order chi connectivity index (χ1) is 14.5. The highest BCUT2D eigenvalue weighted by Crippen LogP contribution is 2.23. The summed E-state index contributed by atoms with van der Waals surface area (Å²) >= 11 is 0. The van der Waals surface area contributed by atoms with Gasteiger partial charge in [-0.2, -0.15) is 5.10 Å². The first-order valence-corrected chi connectivity index (χ1v) is 10.1. The van der Waals surface area contributed by atoms with Crippen LogP contribution in [0.4, 0.5) is 0 Å². The number of hydrogen-bond acceptors (Lipinski definition) is 5. The minimum atomic E-state index is -0.549. The Morgan fingerprint density at radius 3 is 2.60 bits per heavy atom. The predicted molar refractivity (Wildman–Crippen MR) is 111 cm³/mol. The second-order valence-corrected chi connectivity index (χ2v) is 7.61. The van der Waals surface area contributed by atoms with Crippen molar-refractivity contribution >= 4 is 11.9 Å². The standard InChI is InChI=1S/C23H24N4O3/c1-16(2)22-19(13-25-27(22)20-9-5-6-11-24-20)23(29)30-15-21(28)26-12-10-17-7-3-4-8-18(17)14-26/h3-9,11,13,16H,10,12,14-15H2,1-2H3. The number of ether oxygens (including phenoxy) is 1. The van der Waals surface area contributed by atoms with Gasteiger partial charge in [0.15, 0.2) is 12.4 Å². The Morgan fingerprint density at radius 1 is 1.10 bits per heavy atom. The van der Waals surface area contributed by atoms with E-state index in [2.05, 4.69) is 16.1 Å². The molecule has 0 atom stereocenters. The molecule has 7 heteroatoms. The van der Waals surface area contributed by atoms with Crippen molar-refractivity contribution in [3.8, 4) is 5.82 Å². The topological polar surface area (TPSA) is 77.3 Å². The highest BCUT2D eigenvalue weighted by molar-refractivity contribution is 5.92. The lowest BCUT2D eigenvalue weighted by molar-refractivity contribution is -0.135. The van der Waals surface area contributed by atoms with Crippen LogP contribution < -0.4 is 0 Å². The molecule has 1 amide bonds. The molecule has 0 saturated carbocycles. The Bertz CT molecular complexity index is 1060. The molecular weight excluding hydrogens is 380 g/mol. The maximum absolute atomic E-state index is 12.7. The molecule has 154 valence electrons. The molecule has 1 aliphatic heterocycles. The molecule has 0 fully saturated rings. The molecule has 1 aliphatic rings. The average Bonchev–Trinajstić information content (AvgIpc) is 3.23. The number of esters is 1. The summed E-state index contributed by atoms with van der Waals surface area (Å²) in [7, 11) is 0. The summed E-state index contributed by atoms with van der Waals surface area (Å²) in [5.74, 6) is -0.0950. The third kappa shape index (κ3) is 3.96. The summed E-state index contributed by atoms with van der Waals surface area (Å²) in [6.45, 7) is 4.84. The highest BCUT2D eigenvalue weighted by atomic mass is 16.5. The summed E-state index contributed by atoms with van der Waals surface area (Å²) < 4.78 is 7.01. The number of benzene rings is 1. The van der Waals surface area contributed by atoms with E-state index in [0.717, 1.165) is 12.0 Å². The van der Waals surface area contributed by atoms with Gasteiger partial charge in [0.2, 0.25) is 0 Å². The molecule has 2 aromatic heterocycles. The number of pyridine rings is 1. The van der Waals surface area contributed by atoms with Gasteiger partial charge in [-0.1, -0.05) is 44.2 Å². The van der Waals surface area contributed by atoms with Gasteiger partial charge < -0.3 is 9.64 Å². The monoisotopic (exact) mass is 404 g/mol. The number of carbonyl (C=O) groups excluding carboxylic acids is 2. The smallest absolute Gasteiger partial charge is 0.342 e. The van der Waals surface area contributed by atoms with Crippen molar-refractivity contribution < 1.29 is 14.3 Å². The Kier molecular flexibility index (Phi) is 5.61. The fraction of sp³-hybridized carbons (Fsp3) is 0.304. The maximum Gasteiger partial charge on any atom is 0.342 e. The SMILES string of the molecule is CC(C)c1c(C(=O)OCC(=O)N2CCc3ccccc3C2)cnn1-c1ccccn1. The van der Waals surface area contributed by atoms with E-state index in [1.807, 2.05) is 50.2 Å². The van der Waals surface area contributed by atoms with Gasteiger partial charge in [0.1, 0.15) is 5.56 Å². The van der Waals surface area contributed by atoms with Crippen LogP contribution in [0.3, 0.4) is 0 Å². The summed E-state index contributed by atoms with van der Waals surface area (Å²) in [4.78, 5) is 31.4.